The van der Waals surface area contributed by atoms with E-state index in [1.54, 1.807) is 4.90 Å². The van der Waals surface area contributed by atoms with Crippen molar-refractivity contribution in [2.24, 2.45) is 0 Å². The summed E-state index contributed by atoms with van der Waals surface area (Å²) in [7, 11) is 0. The number of likely N-dealkylation sites (tertiary alicyclic amines) is 1. The quantitative estimate of drug-likeness (QED) is 0.521. The van der Waals surface area contributed by atoms with Crippen LogP contribution in [0.1, 0.15) is 24.9 Å². The highest BCUT2D eigenvalue weighted by atomic mass is 79.9. The van der Waals surface area contributed by atoms with Gasteiger partial charge in [-0.3, -0.25) is 4.79 Å². The van der Waals surface area contributed by atoms with Crippen LogP contribution in [0.2, 0.25) is 5.02 Å². The number of carbonyl (C=O) groups is 1. The minimum Gasteiger partial charge on any atom is -0.384 e. The third-order valence-corrected chi connectivity index (χ3v) is 7.14. The van der Waals surface area contributed by atoms with Crippen molar-refractivity contribution in [2.45, 2.75) is 43.7 Å². The molecule has 2 aliphatic rings. The van der Waals surface area contributed by atoms with E-state index in [-0.39, 0.29) is 23.8 Å². The van der Waals surface area contributed by atoms with E-state index in [2.05, 4.69) is 32.7 Å². The summed E-state index contributed by atoms with van der Waals surface area (Å²) >= 11 is 9.40. The number of piperazine rings is 1. The van der Waals surface area contributed by atoms with Crippen LogP contribution in [0.3, 0.4) is 0 Å². The molecule has 170 valence electrons. The molecule has 3 N–H and O–H groups in total. The van der Waals surface area contributed by atoms with Crippen LogP contribution in [-0.2, 0) is 4.79 Å². The van der Waals surface area contributed by atoms with Crippen molar-refractivity contribution in [3.8, 4) is 0 Å². The molecule has 2 aromatic carbocycles. The molecule has 5 unspecified atom stereocenters. The number of aliphatic hydroxyl groups is 2. The van der Waals surface area contributed by atoms with Crippen molar-refractivity contribution in [1.29, 1.82) is 0 Å². The van der Waals surface area contributed by atoms with Gasteiger partial charge in [-0.2, -0.15) is 0 Å². The molecule has 0 spiro atoms. The first-order valence-electron chi connectivity index (χ1n) is 10.6. The van der Waals surface area contributed by atoms with Crippen molar-refractivity contribution in [3.05, 3.63) is 75.9 Å². The molecule has 0 aliphatic carbocycles. The number of halogens is 2. The van der Waals surface area contributed by atoms with Crippen LogP contribution in [0.5, 0.6) is 0 Å². The van der Waals surface area contributed by atoms with Gasteiger partial charge in [0.2, 0.25) is 0 Å². The SMILES string of the molecule is C=C(NC(C)c1ccc(Br)cc1)C(O)C(O)C(=O)N1CC2CC1CN2c1ccc(Cl)cc1. The molecule has 32 heavy (non-hydrogen) atoms. The first-order chi connectivity index (χ1) is 15.2. The lowest BCUT2D eigenvalue weighted by molar-refractivity contribution is -0.146. The second-order valence-electron chi connectivity index (χ2n) is 8.50. The fourth-order valence-corrected chi connectivity index (χ4v) is 4.97. The summed E-state index contributed by atoms with van der Waals surface area (Å²) in [5.74, 6) is -0.458. The number of aliphatic hydroxyl groups excluding tert-OH is 2. The Balaban J connectivity index is 1.34. The number of fused-ring (bicyclic) bond motifs is 2. The Morgan fingerprint density at radius 2 is 1.75 bits per heavy atom. The molecule has 6 nitrogen and oxygen atoms in total. The summed E-state index contributed by atoms with van der Waals surface area (Å²) in [5, 5.41) is 25.0. The van der Waals surface area contributed by atoms with Crippen LogP contribution in [0.15, 0.2) is 65.3 Å². The van der Waals surface area contributed by atoms with E-state index in [1.165, 1.54) is 0 Å². The van der Waals surface area contributed by atoms with Crippen molar-refractivity contribution < 1.29 is 15.0 Å². The smallest absolute Gasteiger partial charge is 0.254 e. The van der Waals surface area contributed by atoms with Crippen LogP contribution in [0.4, 0.5) is 5.69 Å². The summed E-state index contributed by atoms with van der Waals surface area (Å²) in [6, 6.07) is 15.5. The maximum absolute atomic E-state index is 13.0. The number of amides is 1. The number of anilines is 1. The highest BCUT2D eigenvalue weighted by molar-refractivity contribution is 9.10. The van der Waals surface area contributed by atoms with Crippen LogP contribution in [-0.4, -0.2) is 58.4 Å². The fraction of sp³-hybridized carbons (Fsp3) is 0.375. The molecule has 0 aromatic heterocycles. The number of nitrogens with one attached hydrogen (secondary N) is 1. The largest absolute Gasteiger partial charge is 0.384 e. The van der Waals surface area contributed by atoms with Gasteiger partial charge in [0.05, 0.1) is 6.04 Å². The Morgan fingerprint density at radius 1 is 1.09 bits per heavy atom. The molecule has 2 aliphatic heterocycles. The number of hydrogen-bond donors (Lipinski definition) is 3. The van der Waals surface area contributed by atoms with Gasteiger partial charge in [0.25, 0.3) is 5.91 Å². The standard InChI is InChI=1S/C24H27BrClN3O3/c1-14(16-3-5-17(25)6-4-16)27-15(2)22(30)23(31)24(32)29-13-20-11-21(29)12-28(20)19-9-7-18(26)8-10-19/h3-10,14,20-23,27,30-31H,2,11-13H2,1H3. The van der Waals surface area contributed by atoms with Gasteiger partial charge in [-0.15, -0.1) is 0 Å². The molecular weight excluding hydrogens is 494 g/mol. The van der Waals surface area contributed by atoms with E-state index < -0.39 is 18.1 Å². The van der Waals surface area contributed by atoms with Crippen molar-refractivity contribution in [1.82, 2.24) is 10.2 Å². The van der Waals surface area contributed by atoms with Crippen molar-refractivity contribution >= 4 is 39.1 Å². The van der Waals surface area contributed by atoms with E-state index in [9.17, 15) is 15.0 Å². The Kier molecular flexibility index (Phi) is 6.81. The van der Waals surface area contributed by atoms with Crippen LogP contribution >= 0.6 is 27.5 Å². The van der Waals surface area contributed by atoms with Gasteiger partial charge in [-0.25, -0.2) is 0 Å². The highest BCUT2D eigenvalue weighted by Crippen LogP contribution is 2.35. The maximum Gasteiger partial charge on any atom is 0.254 e. The minimum absolute atomic E-state index is 0.00735. The second-order valence-corrected chi connectivity index (χ2v) is 9.85. The van der Waals surface area contributed by atoms with E-state index in [0.717, 1.165) is 22.1 Å². The lowest BCUT2D eigenvalue weighted by atomic mass is 10.1. The first kappa shape index (κ1) is 23.1. The number of nitrogens with zero attached hydrogens (tertiary/aromatic N) is 2. The molecule has 1 amide bonds. The van der Waals surface area contributed by atoms with E-state index in [0.29, 0.717) is 18.1 Å². The first-order valence-corrected chi connectivity index (χ1v) is 11.8. The minimum atomic E-state index is -1.56. The predicted octanol–water partition coefficient (Wildman–Crippen LogP) is 3.48. The van der Waals surface area contributed by atoms with E-state index in [4.69, 9.17) is 11.6 Å². The highest BCUT2D eigenvalue weighted by Gasteiger charge is 2.47. The van der Waals surface area contributed by atoms with E-state index in [1.807, 2.05) is 55.5 Å². The average Bonchev–Trinajstić information content (AvgIpc) is 3.39. The summed E-state index contributed by atoms with van der Waals surface area (Å²) in [6.07, 6.45) is -2.11. The number of hydrogen-bond acceptors (Lipinski definition) is 5. The van der Waals surface area contributed by atoms with Gasteiger partial charge in [-0.1, -0.05) is 46.2 Å². The van der Waals surface area contributed by atoms with Crippen LogP contribution in [0.25, 0.3) is 0 Å². The lowest BCUT2D eigenvalue weighted by Crippen LogP contribution is -2.54. The van der Waals surface area contributed by atoms with Crippen molar-refractivity contribution in [3.63, 3.8) is 0 Å². The third-order valence-electron chi connectivity index (χ3n) is 6.36. The van der Waals surface area contributed by atoms with Crippen molar-refractivity contribution in [2.75, 3.05) is 18.0 Å². The Morgan fingerprint density at radius 3 is 2.34 bits per heavy atom. The zero-order chi connectivity index (χ0) is 23.0. The molecule has 2 fully saturated rings. The summed E-state index contributed by atoms with van der Waals surface area (Å²) < 4.78 is 0.975. The van der Waals surface area contributed by atoms with Gasteiger partial charge in [-0.05, 0) is 55.3 Å². The molecule has 2 saturated heterocycles. The monoisotopic (exact) mass is 519 g/mol. The lowest BCUT2D eigenvalue weighted by Gasteiger charge is -2.37. The summed E-state index contributed by atoms with van der Waals surface area (Å²) in [6.45, 7) is 7.00. The average molecular weight is 521 g/mol. The maximum atomic E-state index is 13.0. The zero-order valence-electron chi connectivity index (χ0n) is 17.8. The molecule has 0 radical (unpaired) electrons. The molecule has 2 aromatic rings. The summed E-state index contributed by atoms with van der Waals surface area (Å²) in [5.41, 5.74) is 2.30. The van der Waals surface area contributed by atoms with Crippen LogP contribution < -0.4 is 10.2 Å². The molecule has 4 rings (SSSR count). The van der Waals surface area contributed by atoms with Crippen LogP contribution in [0, 0.1) is 0 Å². The topological polar surface area (TPSA) is 76.0 Å². The third kappa shape index (κ3) is 4.66. The van der Waals surface area contributed by atoms with E-state index >= 15 is 0 Å². The van der Waals surface area contributed by atoms with Gasteiger partial charge >= 0.3 is 0 Å². The number of rotatable bonds is 7. The molecule has 0 saturated carbocycles. The van der Waals surface area contributed by atoms with Gasteiger partial charge in [0, 0.05) is 46.1 Å². The Hall–Kier alpha value is -2.06. The van der Waals surface area contributed by atoms with Gasteiger partial charge in [0.1, 0.15) is 6.10 Å². The molecule has 2 heterocycles. The number of carbonyl (C=O) groups excluding carboxylic acids is 1. The number of benzene rings is 2. The molecule has 5 atom stereocenters. The summed E-state index contributed by atoms with van der Waals surface area (Å²) in [4.78, 5) is 16.9. The Labute approximate surface area is 201 Å². The predicted molar refractivity (Wildman–Crippen MR) is 130 cm³/mol. The second kappa shape index (κ2) is 9.43. The molecular formula is C24H27BrClN3O3. The fourth-order valence-electron chi connectivity index (χ4n) is 4.58. The zero-order valence-corrected chi connectivity index (χ0v) is 20.1. The molecule has 8 heteroatoms. The Bertz CT molecular complexity index is 985. The normalized spacial score (nSPS) is 22.5. The van der Waals surface area contributed by atoms with Gasteiger partial charge < -0.3 is 25.3 Å². The molecule has 2 bridgehead atoms. The van der Waals surface area contributed by atoms with Gasteiger partial charge in [0.15, 0.2) is 6.10 Å².